The Kier molecular flexibility index (Phi) is 6.64. The Hall–Kier alpha value is -2.53. The molecule has 0 aromatic heterocycles. The molecule has 0 unspecified atom stereocenters. The lowest BCUT2D eigenvalue weighted by molar-refractivity contribution is 0.222. The molecule has 0 aliphatic heterocycles. The van der Waals surface area contributed by atoms with Gasteiger partial charge < -0.3 is 20.5 Å². The third-order valence-electron chi connectivity index (χ3n) is 4.06. The fraction of sp³-hybridized carbons (Fsp3) is 0.381. The van der Waals surface area contributed by atoms with E-state index in [9.17, 15) is 4.79 Å². The minimum atomic E-state index is -0.291. The SMILES string of the molecule is Cc1ccc(OCNC(=O)NCc2ccc(CO)cc2)c(C(C)(C)C)c1. The Balaban J connectivity index is 1.83. The predicted molar refractivity (Wildman–Crippen MR) is 103 cm³/mol. The third kappa shape index (κ3) is 5.77. The highest BCUT2D eigenvalue weighted by Gasteiger charge is 2.19. The Labute approximate surface area is 155 Å². The van der Waals surface area contributed by atoms with Crippen LogP contribution in [0.15, 0.2) is 42.5 Å². The highest BCUT2D eigenvalue weighted by molar-refractivity contribution is 5.73. The number of carbonyl (C=O) groups is 1. The average molecular weight is 356 g/mol. The fourth-order valence-corrected chi connectivity index (χ4v) is 2.54. The van der Waals surface area contributed by atoms with Gasteiger partial charge in [-0.05, 0) is 35.1 Å². The van der Waals surface area contributed by atoms with Crippen molar-refractivity contribution in [2.24, 2.45) is 0 Å². The second kappa shape index (κ2) is 8.72. The van der Waals surface area contributed by atoms with Gasteiger partial charge in [0.15, 0.2) is 6.73 Å². The molecular weight excluding hydrogens is 328 g/mol. The van der Waals surface area contributed by atoms with E-state index in [1.54, 1.807) is 0 Å². The fourth-order valence-electron chi connectivity index (χ4n) is 2.54. The number of nitrogens with one attached hydrogen (secondary N) is 2. The van der Waals surface area contributed by atoms with E-state index in [4.69, 9.17) is 9.84 Å². The molecule has 0 bridgehead atoms. The van der Waals surface area contributed by atoms with E-state index < -0.39 is 0 Å². The molecule has 0 aliphatic rings. The van der Waals surface area contributed by atoms with Crippen molar-refractivity contribution in [2.45, 2.75) is 46.3 Å². The van der Waals surface area contributed by atoms with Gasteiger partial charge in [0.1, 0.15) is 5.75 Å². The molecule has 0 fully saturated rings. The largest absolute Gasteiger partial charge is 0.473 e. The van der Waals surface area contributed by atoms with Crippen LogP contribution in [-0.2, 0) is 18.6 Å². The standard InChI is InChI=1S/C21H28N2O3/c1-15-5-10-19(18(11-15)21(2,3)4)26-14-23-20(25)22-12-16-6-8-17(13-24)9-7-16/h5-11,24H,12-14H2,1-4H3,(H2,22,23,25). The summed E-state index contributed by atoms with van der Waals surface area (Å²) in [6.45, 7) is 8.99. The Morgan fingerprint density at radius 1 is 1.04 bits per heavy atom. The van der Waals surface area contributed by atoms with Gasteiger partial charge in [0.25, 0.3) is 0 Å². The first-order chi connectivity index (χ1) is 12.3. The zero-order valence-corrected chi connectivity index (χ0v) is 15.9. The molecular formula is C21H28N2O3. The molecule has 2 aromatic rings. The summed E-state index contributed by atoms with van der Waals surface area (Å²) in [5.41, 5.74) is 4.07. The van der Waals surface area contributed by atoms with E-state index in [2.05, 4.69) is 44.4 Å². The maximum atomic E-state index is 11.9. The number of aliphatic hydroxyl groups is 1. The van der Waals surface area contributed by atoms with Crippen LogP contribution in [0.5, 0.6) is 5.75 Å². The summed E-state index contributed by atoms with van der Waals surface area (Å²) >= 11 is 0. The number of aryl methyl sites for hydroxylation is 1. The Bertz CT molecular complexity index is 734. The molecule has 0 spiro atoms. The second-order valence-corrected chi connectivity index (χ2v) is 7.37. The van der Waals surface area contributed by atoms with Gasteiger partial charge in [0.2, 0.25) is 0 Å². The summed E-state index contributed by atoms with van der Waals surface area (Å²) in [6.07, 6.45) is 0. The van der Waals surface area contributed by atoms with Crippen LogP contribution in [0.25, 0.3) is 0 Å². The van der Waals surface area contributed by atoms with Crippen molar-refractivity contribution in [3.05, 3.63) is 64.7 Å². The van der Waals surface area contributed by atoms with E-state index in [-0.39, 0.29) is 24.8 Å². The molecule has 0 aliphatic carbocycles. The summed E-state index contributed by atoms with van der Waals surface area (Å²) in [5, 5.41) is 14.5. The number of hydrogen-bond acceptors (Lipinski definition) is 3. The molecule has 2 aromatic carbocycles. The first-order valence-corrected chi connectivity index (χ1v) is 8.74. The van der Waals surface area contributed by atoms with E-state index in [0.717, 1.165) is 22.4 Å². The van der Waals surface area contributed by atoms with Gasteiger partial charge in [0, 0.05) is 6.54 Å². The Morgan fingerprint density at radius 2 is 1.69 bits per heavy atom. The highest BCUT2D eigenvalue weighted by atomic mass is 16.5. The first-order valence-electron chi connectivity index (χ1n) is 8.74. The molecule has 5 nitrogen and oxygen atoms in total. The molecule has 2 rings (SSSR count). The predicted octanol–water partition coefficient (Wildman–Crippen LogP) is 3.62. The van der Waals surface area contributed by atoms with Crippen molar-refractivity contribution in [1.82, 2.24) is 10.6 Å². The molecule has 140 valence electrons. The topological polar surface area (TPSA) is 70.6 Å². The number of urea groups is 1. The summed E-state index contributed by atoms with van der Waals surface area (Å²) in [5.74, 6) is 0.781. The van der Waals surface area contributed by atoms with E-state index in [0.29, 0.717) is 6.54 Å². The van der Waals surface area contributed by atoms with Crippen LogP contribution in [0, 0.1) is 6.92 Å². The van der Waals surface area contributed by atoms with Gasteiger partial charge in [-0.2, -0.15) is 0 Å². The van der Waals surface area contributed by atoms with Crippen LogP contribution >= 0.6 is 0 Å². The summed E-state index contributed by atoms with van der Waals surface area (Å²) in [6, 6.07) is 13.2. The quantitative estimate of drug-likeness (QED) is 0.692. The normalized spacial score (nSPS) is 11.1. The minimum absolute atomic E-state index is 0.0150. The maximum Gasteiger partial charge on any atom is 0.317 e. The van der Waals surface area contributed by atoms with Crippen molar-refractivity contribution in [1.29, 1.82) is 0 Å². The van der Waals surface area contributed by atoms with Gasteiger partial charge in [-0.1, -0.05) is 62.7 Å². The van der Waals surface area contributed by atoms with Crippen LogP contribution in [-0.4, -0.2) is 17.9 Å². The van der Waals surface area contributed by atoms with Crippen LogP contribution in [0.2, 0.25) is 0 Å². The lowest BCUT2D eigenvalue weighted by Gasteiger charge is -2.23. The summed E-state index contributed by atoms with van der Waals surface area (Å²) < 4.78 is 5.77. The number of hydrogen-bond donors (Lipinski definition) is 3. The average Bonchev–Trinajstić information content (AvgIpc) is 2.60. The number of rotatable bonds is 6. The third-order valence-corrected chi connectivity index (χ3v) is 4.06. The number of amides is 2. The molecule has 0 radical (unpaired) electrons. The van der Waals surface area contributed by atoms with Gasteiger partial charge in [0.05, 0.1) is 6.61 Å². The van der Waals surface area contributed by atoms with Crippen LogP contribution in [0.3, 0.4) is 0 Å². The summed E-state index contributed by atoms with van der Waals surface area (Å²) in [4.78, 5) is 11.9. The number of ether oxygens (including phenoxy) is 1. The smallest absolute Gasteiger partial charge is 0.317 e. The van der Waals surface area contributed by atoms with Gasteiger partial charge >= 0.3 is 6.03 Å². The van der Waals surface area contributed by atoms with Crippen molar-refractivity contribution in [2.75, 3.05) is 6.73 Å². The van der Waals surface area contributed by atoms with E-state index >= 15 is 0 Å². The number of aliphatic hydroxyl groups excluding tert-OH is 1. The maximum absolute atomic E-state index is 11.9. The lowest BCUT2D eigenvalue weighted by atomic mass is 9.85. The molecule has 0 saturated carbocycles. The van der Waals surface area contributed by atoms with Gasteiger partial charge in [-0.25, -0.2) is 4.79 Å². The highest BCUT2D eigenvalue weighted by Crippen LogP contribution is 2.31. The van der Waals surface area contributed by atoms with E-state index in [1.165, 1.54) is 5.56 Å². The molecule has 5 heteroatoms. The zero-order chi connectivity index (χ0) is 19.2. The lowest BCUT2D eigenvalue weighted by Crippen LogP contribution is -2.37. The monoisotopic (exact) mass is 356 g/mol. The van der Waals surface area contributed by atoms with Crippen LogP contribution < -0.4 is 15.4 Å². The minimum Gasteiger partial charge on any atom is -0.473 e. The molecule has 0 saturated heterocycles. The van der Waals surface area contributed by atoms with Crippen molar-refractivity contribution >= 4 is 6.03 Å². The second-order valence-electron chi connectivity index (χ2n) is 7.37. The molecule has 0 atom stereocenters. The summed E-state index contributed by atoms with van der Waals surface area (Å²) in [7, 11) is 0. The van der Waals surface area contributed by atoms with E-state index in [1.807, 2.05) is 36.4 Å². The molecule has 26 heavy (non-hydrogen) atoms. The zero-order valence-electron chi connectivity index (χ0n) is 15.9. The van der Waals surface area contributed by atoms with Crippen LogP contribution in [0.1, 0.15) is 43.0 Å². The van der Waals surface area contributed by atoms with Crippen molar-refractivity contribution in [3.8, 4) is 5.75 Å². The first kappa shape index (κ1) is 19.8. The molecule has 3 N–H and O–H groups in total. The number of carbonyl (C=O) groups excluding carboxylic acids is 1. The van der Waals surface area contributed by atoms with Gasteiger partial charge in [-0.3, -0.25) is 0 Å². The molecule has 0 heterocycles. The Morgan fingerprint density at radius 3 is 2.31 bits per heavy atom. The van der Waals surface area contributed by atoms with Crippen molar-refractivity contribution < 1.29 is 14.6 Å². The number of benzene rings is 2. The van der Waals surface area contributed by atoms with Crippen molar-refractivity contribution in [3.63, 3.8) is 0 Å². The molecule has 2 amide bonds. The van der Waals surface area contributed by atoms with Gasteiger partial charge in [-0.15, -0.1) is 0 Å². The van der Waals surface area contributed by atoms with Crippen LogP contribution in [0.4, 0.5) is 4.79 Å².